The summed E-state index contributed by atoms with van der Waals surface area (Å²) in [6.45, 7) is 1.98. The number of aromatic nitrogens is 2. The molecule has 0 saturated heterocycles. The van der Waals surface area contributed by atoms with Crippen LogP contribution in [0.15, 0.2) is 47.3 Å². The van der Waals surface area contributed by atoms with Gasteiger partial charge in [0, 0.05) is 22.6 Å². The van der Waals surface area contributed by atoms with E-state index in [9.17, 15) is 9.59 Å². The van der Waals surface area contributed by atoms with E-state index in [2.05, 4.69) is 11.1 Å². The van der Waals surface area contributed by atoms with Crippen LogP contribution in [0.1, 0.15) is 22.8 Å². The third-order valence-corrected chi connectivity index (χ3v) is 3.91. The first-order chi connectivity index (χ1) is 10.1. The molecule has 0 fully saturated rings. The lowest BCUT2D eigenvalue weighted by molar-refractivity contribution is 0.101. The van der Waals surface area contributed by atoms with Crippen LogP contribution < -0.4 is 5.56 Å². The Labute approximate surface area is 120 Å². The van der Waals surface area contributed by atoms with Crippen LogP contribution in [0.4, 0.5) is 0 Å². The SMILES string of the molecule is CC(=O)c1cc2n(c(=O)c1)Cc1cc3ccccc3nc1-2. The van der Waals surface area contributed by atoms with E-state index in [1.807, 2.05) is 24.3 Å². The lowest BCUT2D eigenvalue weighted by Crippen LogP contribution is -2.19. The lowest BCUT2D eigenvalue weighted by atomic mass is 10.1. The number of rotatable bonds is 1. The summed E-state index contributed by atoms with van der Waals surface area (Å²) < 4.78 is 1.67. The molecule has 0 bridgehead atoms. The number of nitrogens with zero attached hydrogens (tertiary/aromatic N) is 2. The highest BCUT2D eigenvalue weighted by molar-refractivity contribution is 5.95. The van der Waals surface area contributed by atoms with E-state index in [0.717, 1.165) is 27.9 Å². The smallest absolute Gasteiger partial charge is 0.252 e. The molecule has 0 amide bonds. The molecule has 0 unspecified atom stereocenters. The zero-order valence-corrected chi connectivity index (χ0v) is 11.5. The van der Waals surface area contributed by atoms with Gasteiger partial charge in [-0.1, -0.05) is 18.2 Å². The second kappa shape index (κ2) is 4.12. The van der Waals surface area contributed by atoms with Gasteiger partial charge in [0.05, 0.1) is 23.4 Å². The quantitative estimate of drug-likeness (QED) is 0.502. The van der Waals surface area contributed by atoms with Gasteiger partial charge in [-0.05, 0) is 25.1 Å². The van der Waals surface area contributed by atoms with Crippen LogP contribution in [-0.2, 0) is 6.54 Å². The number of carbonyl (C=O) groups is 1. The highest BCUT2D eigenvalue weighted by Crippen LogP contribution is 2.31. The molecule has 2 aromatic heterocycles. The van der Waals surface area contributed by atoms with Gasteiger partial charge in [-0.3, -0.25) is 9.59 Å². The predicted octanol–water partition coefficient (Wildman–Crippen LogP) is 2.63. The lowest BCUT2D eigenvalue weighted by Gasteiger charge is -2.04. The molecule has 3 heterocycles. The minimum atomic E-state index is -0.153. The van der Waals surface area contributed by atoms with E-state index >= 15 is 0 Å². The van der Waals surface area contributed by atoms with Crippen molar-refractivity contribution in [2.45, 2.75) is 13.5 Å². The maximum atomic E-state index is 12.2. The molecule has 0 N–H and O–H groups in total. The van der Waals surface area contributed by atoms with Crippen LogP contribution in [0, 0.1) is 0 Å². The highest BCUT2D eigenvalue weighted by Gasteiger charge is 2.22. The second-order valence-electron chi connectivity index (χ2n) is 5.30. The maximum absolute atomic E-state index is 12.2. The van der Waals surface area contributed by atoms with Crippen molar-refractivity contribution in [3.05, 3.63) is 63.9 Å². The van der Waals surface area contributed by atoms with Crippen LogP contribution in [-0.4, -0.2) is 15.3 Å². The van der Waals surface area contributed by atoms with E-state index < -0.39 is 0 Å². The summed E-state index contributed by atoms with van der Waals surface area (Å²) in [4.78, 5) is 28.4. The van der Waals surface area contributed by atoms with E-state index in [1.165, 1.54) is 13.0 Å². The second-order valence-corrected chi connectivity index (χ2v) is 5.30. The van der Waals surface area contributed by atoms with Gasteiger partial charge in [-0.25, -0.2) is 4.98 Å². The molecule has 0 saturated carbocycles. The molecule has 0 atom stereocenters. The maximum Gasteiger partial charge on any atom is 0.252 e. The minimum Gasteiger partial charge on any atom is -0.302 e. The number of hydrogen-bond donors (Lipinski definition) is 0. The first kappa shape index (κ1) is 12.0. The van der Waals surface area contributed by atoms with Gasteiger partial charge in [0.2, 0.25) is 0 Å². The van der Waals surface area contributed by atoms with Crippen LogP contribution in [0.5, 0.6) is 0 Å². The largest absolute Gasteiger partial charge is 0.302 e. The van der Waals surface area contributed by atoms with Gasteiger partial charge in [-0.15, -0.1) is 0 Å². The normalized spacial score (nSPS) is 12.2. The van der Waals surface area contributed by atoms with Crippen LogP contribution in [0.25, 0.3) is 22.3 Å². The molecular formula is C17H12N2O2. The van der Waals surface area contributed by atoms with Crippen molar-refractivity contribution < 1.29 is 4.79 Å². The Morgan fingerprint density at radius 3 is 2.81 bits per heavy atom. The fraction of sp³-hybridized carbons (Fsp3) is 0.118. The van der Waals surface area contributed by atoms with E-state index in [4.69, 9.17) is 0 Å². The van der Waals surface area contributed by atoms with Crippen LogP contribution in [0.2, 0.25) is 0 Å². The van der Waals surface area contributed by atoms with Crippen molar-refractivity contribution >= 4 is 16.7 Å². The molecule has 21 heavy (non-hydrogen) atoms. The first-order valence-electron chi connectivity index (χ1n) is 6.78. The average Bonchev–Trinajstić information content (AvgIpc) is 2.83. The third-order valence-electron chi connectivity index (χ3n) is 3.91. The summed E-state index contributed by atoms with van der Waals surface area (Å²) in [6.07, 6.45) is 0. The third kappa shape index (κ3) is 1.72. The molecule has 1 aliphatic heterocycles. The van der Waals surface area contributed by atoms with Gasteiger partial charge in [-0.2, -0.15) is 0 Å². The Kier molecular flexibility index (Phi) is 2.36. The molecular weight excluding hydrogens is 264 g/mol. The summed E-state index contributed by atoms with van der Waals surface area (Å²) in [6, 6.07) is 13.1. The van der Waals surface area contributed by atoms with Crippen molar-refractivity contribution in [2.75, 3.05) is 0 Å². The molecule has 0 spiro atoms. The number of pyridine rings is 2. The van der Waals surface area contributed by atoms with Crippen LogP contribution in [0.3, 0.4) is 0 Å². The summed E-state index contributed by atoms with van der Waals surface area (Å²) in [7, 11) is 0. The fourth-order valence-electron chi connectivity index (χ4n) is 2.83. The van der Waals surface area contributed by atoms with E-state index in [-0.39, 0.29) is 11.3 Å². The molecule has 0 radical (unpaired) electrons. The van der Waals surface area contributed by atoms with Crippen LogP contribution >= 0.6 is 0 Å². The van der Waals surface area contributed by atoms with Gasteiger partial charge in [0.1, 0.15) is 0 Å². The molecule has 4 nitrogen and oxygen atoms in total. The number of carbonyl (C=O) groups excluding carboxylic acids is 1. The predicted molar refractivity (Wildman–Crippen MR) is 80.5 cm³/mol. The van der Waals surface area contributed by atoms with Gasteiger partial charge in [0.25, 0.3) is 5.56 Å². The van der Waals surface area contributed by atoms with Crippen molar-refractivity contribution in [2.24, 2.45) is 0 Å². The number of para-hydroxylation sites is 1. The zero-order chi connectivity index (χ0) is 14.6. The molecule has 1 aliphatic rings. The Hall–Kier alpha value is -2.75. The number of Topliss-reactive ketones (excluding diaryl/α,β-unsaturated/α-hetero) is 1. The number of ketones is 1. The Bertz CT molecular complexity index is 970. The topological polar surface area (TPSA) is 52.0 Å². The number of fused-ring (bicyclic) bond motifs is 4. The molecule has 4 heteroatoms. The Morgan fingerprint density at radius 1 is 1.19 bits per heavy atom. The van der Waals surface area contributed by atoms with Crippen molar-refractivity contribution in [1.29, 1.82) is 0 Å². The number of benzene rings is 1. The van der Waals surface area contributed by atoms with Gasteiger partial charge < -0.3 is 4.57 Å². The highest BCUT2D eigenvalue weighted by atomic mass is 16.1. The number of hydrogen-bond acceptors (Lipinski definition) is 3. The zero-order valence-electron chi connectivity index (χ0n) is 11.5. The van der Waals surface area contributed by atoms with Crippen molar-refractivity contribution in [3.8, 4) is 11.4 Å². The fourth-order valence-corrected chi connectivity index (χ4v) is 2.83. The van der Waals surface area contributed by atoms with Gasteiger partial charge >= 0.3 is 0 Å². The summed E-state index contributed by atoms with van der Waals surface area (Å²) in [5.74, 6) is -0.107. The monoisotopic (exact) mass is 276 g/mol. The average molecular weight is 276 g/mol. The summed E-state index contributed by atoms with van der Waals surface area (Å²) in [5.41, 5.74) is 3.73. The Morgan fingerprint density at radius 2 is 2.00 bits per heavy atom. The Balaban J connectivity index is 2.04. The van der Waals surface area contributed by atoms with Gasteiger partial charge in [0.15, 0.2) is 5.78 Å². The molecule has 3 aromatic rings. The van der Waals surface area contributed by atoms with E-state index in [0.29, 0.717) is 12.1 Å². The molecule has 1 aromatic carbocycles. The molecule has 4 rings (SSSR count). The summed E-state index contributed by atoms with van der Waals surface area (Å²) >= 11 is 0. The van der Waals surface area contributed by atoms with Crippen molar-refractivity contribution in [1.82, 2.24) is 9.55 Å². The van der Waals surface area contributed by atoms with E-state index in [1.54, 1.807) is 10.6 Å². The molecule has 102 valence electrons. The minimum absolute atomic E-state index is 0.107. The summed E-state index contributed by atoms with van der Waals surface area (Å²) in [5, 5.41) is 1.06. The standard InChI is InChI=1S/C17H12N2O2/c1-10(20)12-7-15-17-13(9-19(15)16(21)8-12)6-11-4-2-3-5-14(11)18-17/h2-8H,9H2,1H3. The molecule has 0 aliphatic carbocycles. The first-order valence-corrected chi connectivity index (χ1v) is 6.78. The van der Waals surface area contributed by atoms with Crippen molar-refractivity contribution in [3.63, 3.8) is 0 Å².